The number of carbonyl (C=O) groups excluding carboxylic acids is 1. The summed E-state index contributed by atoms with van der Waals surface area (Å²) in [5.74, 6) is -0.234. The van der Waals surface area contributed by atoms with Gasteiger partial charge in [0.1, 0.15) is 17.2 Å². The van der Waals surface area contributed by atoms with E-state index in [9.17, 15) is 9.18 Å². The van der Waals surface area contributed by atoms with Gasteiger partial charge in [-0.2, -0.15) is 5.10 Å². The monoisotopic (exact) mass is 335 g/mol. The van der Waals surface area contributed by atoms with Gasteiger partial charge in [-0.05, 0) is 43.3 Å². The number of halogens is 1. The second-order valence-electron chi connectivity index (χ2n) is 5.68. The average Bonchev–Trinajstić information content (AvgIpc) is 3.18. The van der Waals surface area contributed by atoms with Crippen molar-refractivity contribution in [3.05, 3.63) is 65.7 Å². The van der Waals surface area contributed by atoms with E-state index in [-0.39, 0.29) is 5.82 Å². The zero-order chi connectivity index (χ0) is 17.6. The lowest BCUT2D eigenvalue weighted by molar-refractivity contribution is 0.100. The van der Waals surface area contributed by atoms with Crippen LogP contribution in [0, 0.1) is 12.7 Å². The van der Waals surface area contributed by atoms with E-state index in [1.54, 1.807) is 35.1 Å². The zero-order valence-corrected chi connectivity index (χ0v) is 13.3. The Labute approximate surface area is 142 Å². The van der Waals surface area contributed by atoms with E-state index >= 15 is 0 Å². The summed E-state index contributed by atoms with van der Waals surface area (Å²) in [7, 11) is 0. The molecule has 0 aliphatic carbocycles. The van der Waals surface area contributed by atoms with Gasteiger partial charge in [0, 0.05) is 0 Å². The van der Waals surface area contributed by atoms with Gasteiger partial charge in [0.2, 0.25) is 0 Å². The first-order chi connectivity index (χ1) is 12.0. The fourth-order valence-corrected chi connectivity index (χ4v) is 2.84. The Morgan fingerprint density at radius 1 is 1.20 bits per heavy atom. The number of nitrogens with two attached hydrogens (primary N) is 1. The fourth-order valence-electron chi connectivity index (χ4n) is 2.84. The number of H-pyrrole nitrogens is 1. The van der Waals surface area contributed by atoms with Crippen LogP contribution < -0.4 is 5.73 Å². The zero-order valence-electron chi connectivity index (χ0n) is 13.3. The van der Waals surface area contributed by atoms with Crippen molar-refractivity contribution in [2.75, 3.05) is 0 Å². The molecule has 2 heterocycles. The number of hydrogen-bond donors (Lipinski definition) is 2. The van der Waals surface area contributed by atoms with Gasteiger partial charge in [-0.15, -0.1) is 0 Å². The summed E-state index contributed by atoms with van der Waals surface area (Å²) < 4.78 is 14.8. The molecule has 0 aliphatic heterocycles. The molecule has 4 aromatic rings. The molecule has 6 nitrogen and oxygen atoms in total. The van der Waals surface area contributed by atoms with Crippen LogP contribution in [0.1, 0.15) is 16.1 Å². The highest BCUT2D eigenvalue weighted by Gasteiger charge is 2.16. The topological polar surface area (TPSA) is 89.6 Å². The van der Waals surface area contributed by atoms with Crippen LogP contribution in [-0.2, 0) is 0 Å². The van der Waals surface area contributed by atoms with E-state index in [2.05, 4.69) is 15.1 Å². The highest BCUT2D eigenvalue weighted by molar-refractivity contribution is 6.04. The number of benzene rings is 2. The largest absolute Gasteiger partial charge is 0.366 e. The molecule has 0 fully saturated rings. The Morgan fingerprint density at radius 2 is 1.96 bits per heavy atom. The van der Waals surface area contributed by atoms with Gasteiger partial charge < -0.3 is 10.7 Å². The van der Waals surface area contributed by atoms with Crippen LogP contribution in [0.25, 0.3) is 28.1 Å². The third-order valence-electron chi connectivity index (χ3n) is 4.11. The van der Waals surface area contributed by atoms with E-state index in [1.807, 2.05) is 13.0 Å². The molecule has 7 heteroatoms. The van der Waals surface area contributed by atoms with Crippen LogP contribution in [-0.4, -0.2) is 25.7 Å². The molecule has 0 saturated carbocycles. The van der Waals surface area contributed by atoms with E-state index in [0.717, 1.165) is 22.5 Å². The summed E-state index contributed by atoms with van der Waals surface area (Å²) in [4.78, 5) is 19.3. The maximum Gasteiger partial charge on any atom is 0.250 e. The lowest BCUT2D eigenvalue weighted by Crippen LogP contribution is -2.11. The van der Waals surface area contributed by atoms with E-state index in [1.165, 1.54) is 12.1 Å². The van der Waals surface area contributed by atoms with Gasteiger partial charge in [0.15, 0.2) is 0 Å². The minimum atomic E-state index is -0.526. The Morgan fingerprint density at radius 3 is 2.68 bits per heavy atom. The number of hydrogen-bond acceptors (Lipinski definition) is 3. The summed E-state index contributed by atoms with van der Waals surface area (Å²) >= 11 is 0. The smallest absolute Gasteiger partial charge is 0.250 e. The molecule has 0 spiro atoms. The number of nitrogens with one attached hydrogen (secondary N) is 1. The predicted octanol–water partition coefficient (Wildman–Crippen LogP) is 2.96. The van der Waals surface area contributed by atoms with Gasteiger partial charge in [0.05, 0.1) is 34.2 Å². The van der Waals surface area contributed by atoms with Crippen molar-refractivity contribution in [3.63, 3.8) is 0 Å². The quantitative estimate of drug-likeness (QED) is 0.603. The van der Waals surface area contributed by atoms with Crippen LogP contribution >= 0.6 is 0 Å². The number of amides is 1. The maximum absolute atomic E-state index is 13.1. The first-order valence-corrected chi connectivity index (χ1v) is 7.64. The summed E-state index contributed by atoms with van der Waals surface area (Å²) in [6, 6.07) is 11.3. The molecule has 0 saturated heterocycles. The number of rotatable bonds is 3. The number of aromatic amines is 1. The number of fused-ring (bicyclic) bond motifs is 1. The van der Waals surface area contributed by atoms with Crippen molar-refractivity contribution in [1.82, 2.24) is 19.7 Å². The van der Waals surface area contributed by atoms with Crippen LogP contribution in [0.3, 0.4) is 0 Å². The summed E-state index contributed by atoms with van der Waals surface area (Å²) in [6.45, 7) is 1.90. The SMILES string of the molecule is Cc1c(-c2nc3c(C(N)=O)cccc3[nH]2)cnn1-c1ccc(F)cc1. The third-order valence-corrected chi connectivity index (χ3v) is 4.11. The van der Waals surface area contributed by atoms with E-state index in [0.29, 0.717) is 16.9 Å². The molecular formula is C18H14FN5O. The summed E-state index contributed by atoms with van der Waals surface area (Å²) in [6.07, 6.45) is 1.68. The summed E-state index contributed by atoms with van der Waals surface area (Å²) in [5.41, 5.74) is 9.40. The number of primary amides is 1. The van der Waals surface area contributed by atoms with Crippen molar-refractivity contribution in [2.24, 2.45) is 5.73 Å². The number of carbonyl (C=O) groups is 1. The van der Waals surface area contributed by atoms with Gasteiger partial charge in [-0.1, -0.05) is 6.07 Å². The normalized spacial score (nSPS) is 11.1. The lowest BCUT2D eigenvalue weighted by Gasteiger charge is -2.04. The Hall–Kier alpha value is -3.48. The number of imidazole rings is 1. The highest BCUT2D eigenvalue weighted by Crippen LogP contribution is 2.26. The molecule has 3 N–H and O–H groups in total. The van der Waals surface area contributed by atoms with Crippen LogP contribution in [0.4, 0.5) is 4.39 Å². The van der Waals surface area contributed by atoms with E-state index < -0.39 is 5.91 Å². The van der Waals surface area contributed by atoms with Gasteiger partial charge in [0.25, 0.3) is 5.91 Å². The van der Waals surface area contributed by atoms with Crippen molar-refractivity contribution in [2.45, 2.75) is 6.92 Å². The van der Waals surface area contributed by atoms with Crippen molar-refractivity contribution in [1.29, 1.82) is 0 Å². The van der Waals surface area contributed by atoms with Crippen molar-refractivity contribution >= 4 is 16.9 Å². The Kier molecular flexibility index (Phi) is 3.35. The Bertz CT molecular complexity index is 1090. The predicted molar refractivity (Wildman–Crippen MR) is 91.9 cm³/mol. The minimum absolute atomic E-state index is 0.301. The Balaban J connectivity index is 1.83. The molecule has 1 amide bonds. The number of nitrogens with zero attached hydrogens (tertiary/aromatic N) is 3. The molecule has 4 rings (SSSR count). The molecule has 0 bridgehead atoms. The maximum atomic E-state index is 13.1. The second kappa shape index (κ2) is 5.55. The molecule has 0 atom stereocenters. The standard InChI is InChI=1S/C18H14FN5O/c1-10-14(9-21-24(10)12-7-5-11(19)6-8-12)18-22-15-4-2-3-13(17(20)25)16(15)23-18/h2-9H,1H3,(H2,20,25)(H,22,23). The lowest BCUT2D eigenvalue weighted by atomic mass is 10.2. The first kappa shape index (κ1) is 15.1. The van der Waals surface area contributed by atoms with Crippen LogP contribution in [0.5, 0.6) is 0 Å². The highest BCUT2D eigenvalue weighted by atomic mass is 19.1. The molecule has 0 unspecified atom stereocenters. The first-order valence-electron chi connectivity index (χ1n) is 7.64. The van der Waals surface area contributed by atoms with Crippen molar-refractivity contribution in [3.8, 4) is 17.1 Å². The van der Waals surface area contributed by atoms with Gasteiger partial charge in [-0.25, -0.2) is 14.1 Å². The second-order valence-corrected chi connectivity index (χ2v) is 5.68. The molecule has 124 valence electrons. The number of aromatic nitrogens is 4. The van der Waals surface area contributed by atoms with Crippen LogP contribution in [0.15, 0.2) is 48.7 Å². The van der Waals surface area contributed by atoms with Crippen LogP contribution in [0.2, 0.25) is 0 Å². The van der Waals surface area contributed by atoms with Crippen molar-refractivity contribution < 1.29 is 9.18 Å². The molecule has 25 heavy (non-hydrogen) atoms. The molecule has 0 aliphatic rings. The summed E-state index contributed by atoms with van der Waals surface area (Å²) in [5, 5.41) is 4.36. The molecule has 2 aromatic carbocycles. The molecule has 0 radical (unpaired) electrons. The third kappa shape index (κ3) is 2.46. The fraction of sp³-hybridized carbons (Fsp3) is 0.0556. The number of para-hydroxylation sites is 1. The van der Waals surface area contributed by atoms with Gasteiger partial charge >= 0.3 is 0 Å². The molecule has 2 aromatic heterocycles. The van der Waals surface area contributed by atoms with Gasteiger partial charge in [-0.3, -0.25) is 4.79 Å². The molecular weight excluding hydrogens is 321 g/mol. The minimum Gasteiger partial charge on any atom is -0.366 e. The average molecular weight is 335 g/mol. The van der Waals surface area contributed by atoms with E-state index in [4.69, 9.17) is 5.73 Å².